The van der Waals surface area contributed by atoms with Crippen molar-refractivity contribution >= 4 is 42.2 Å². The Morgan fingerprint density at radius 2 is 2.00 bits per heavy atom. The number of hydrogen-bond acceptors (Lipinski definition) is 6. The van der Waals surface area contributed by atoms with E-state index in [4.69, 9.17) is 0 Å². The molecular formula is C16H25Cl2N7O. The van der Waals surface area contributed by atoms with Gasteiger partial charge in [0.1, 0.15) is 12.1 Å². The molecule has 10 heteroatoms. The Morgan fingerprint density at radius 3 is 2.73 bits per heavy atom. The lowest BCUT2D eigenvalue weighted by atomic mass is 10.0. The van der Waals surface area contributed by atoms with Gasteiger partial charge in [0.2, 0.25) is 5.91 Å². The largest absolute Gasteiger partial charge is 0.352 e. The molecule has 1 atom stereocenters. The van der Waals surface area contributed by atoms with Crippen molar-refractivity contribution in [2.75, 3.05) is 44.2 Å². The zero-order valence-corrected chi connectivity index (χ0v) is 16.2. The zero-order valence-electron chi connectivity index (χ0n) is 14.6. The summed E-state index contributed by atoms with van der Waals surface area (Å²) < 4.78 is 1.68. The summed E-state index contributed by atoms with van der Waals surface area (Å²) in [6.45, 7) is 5.33. The predicted molar refractivity (Wildman–Crippen MR) is 104 cm³/mol. The highest BCUT2D eigenvalue weighted by Gasteiger charge is 2.23. The summed E-state index contributed by atoms with van der Waals surface area (Å²) >= 11 is 0. The predicted octanol–water partition coefficient (Wildman–Crippen LogP) is 1.01. The summed E-state index contributed by atoms with van der Waals surface area (Å²) in [7, 11) is 0. The second-order valence-corrected chi connectivity index (χ2v) is 6.59. The summed E-state index contributed by atoms with van der Waals surface area (Å²) in [5, 5.41) is 15.7. The van der Waals surface area contributed by atoms with Crippen LogP contribution in [-0.2, 0) is 4.79 Å². The summed E-state index contributed by atoms with van der Waals surface area (Å²) in [5.41, 5.74) is 0.744. The van der Waals surface area contributed by atoms with Crippen molar-refractivity contribution < 1.29 is 4.79 Å². The van der Waals surface area contributed by atoms with Gasteiger partial charge in [-0.2, -0.15) is 4.52 Å². The summed E-state index contributed by atoms with van der Waals surface area (Å²) in [6, 6.07) is 3.89. The Morgan fingerprint density at radius 1 is 1.19 bits per heavy atom. The van der Waals surface area contributed by atoms with E-state index in [-0.39, 0.29) is 24.8 Å². The highest BCUT2D eigenvalue weighted by molar-refractivity contribution is 5.85. The van der Waals surface area contributed by atoms with E-state index in [0.717, 1.165) is 57.2 Å². The van der Waals surface area contributed by atoms with Gasteiger partial charge < -0.3 is 15.1 Å². The Balaban J connectivity index is 0.00000121. The van der Waals surface area contributed by atoms with Crippen molar-refractivity contribution in [3.05, 3.63) is 18.5 Å². The number of aromatic nitrogens is 4. The van der Waals surface area contributed by atoms with Crippen LogP contribution in [0.4, 0.5) is 5.82 Å². The number of carbonyl (C=O) groups excluding carboxylic acids is 1. The van der Waals surface area contributed by atoms with Crippen molar-refractivity contribution in [2.45, 2.75) is 19.3 Å². The molecule has 0 spiro atoms. The van der Waals surface area contributed by atoms with Crippen molar-refractivity contribution in [1.82, 2.24) is 30.0 Å². The molecule has 2 aromatic rings. The van der Waals surface area contributed by atoms with Gasteiger partial charge in [-0.05, 0) is 44.0 Å². The molecule has 0 aromatic carbocycles. The van der Waals surface area contributed by atoms with E-state index < -0.39 is 0 Å². The molecule has 144 valence electrons. The summed E-state index contributed by atoms with van der Waals surface area (Å²) in [4.78, 5) is 16.6. The third-order valence-electron chi connectivity index (χ3n) is 5.03. The molecule has 4 heterocycles. The van der Waals surface area contributed by atoms with E-state index in [2.05, 4.69) is 25.5 Å². The monoisotopic (exact) mass is 401 g/mol. The van der Waals surface area contributed by atoms with Crippen molar-refractivity contribution in [3.63, 3.8) is 0 Å². The number of fused-ring (bicyclic) bond motifs is 1. The number of rotatable bonds is 4. The third kappa shape index (κ3) is 4.55. The Hall–Kier alpha value is -1.64. The van der Waals surface area contributed by atoms with E-state index >= 15 is 0 Å². The number of nitrogens with one attached hydrogen (secondary N) is 1. The first kappa shape index (κ1) is 20.7. The maximum Gasteiger partial charge on any atom is 0.222 e. The molecule has 2 fully saturated rings. The molecule has 2 aromatic heterocycles. The van der Waals surface area contributed by atoms with Crippen LogP contribution in [0.25, 0.3) is 5.65 Å². The first-order valence-electron chi connectivity index (χ1n) is 8.70. The minimum Gasteiger partial charge on any atom is -0.352 e. The summed E-state index contributed by atoms with van der Waals surface area (Å²) in [6.07, 6.45) is 4.50. The normalized spacial score (nSPS) is 19.9. The molecule has 2 aliphatic heterocycles. The van der Waals surface area contributed by atoms with Gasteiger partial charge in [0.05, 0.1) is 0 Å². The maximum absolute atomic E-state index is 12.4. The van der Waals surface area contributed by atoms with Crippen molar-refractivity contribution in [2.24, 2.45) is 5.92 Å². The van der Waals surface area contributed by atoms with Crippen LogP contribution >= 0.6 is 24.8 Å². The SMILES string of the molecule is Cl.Cl.O=C(CCC1CCNC1)N1CCN(c2ccc3nncn3n2)CC1. The minimum atomic E-state index is 0. The average Bonchev–Trinajstić information content (AvgIpc) is 3.30. The zero-order chi connectivity index (χ0) is 16.4. The quantitative estimate of drug-likeness (QED) is 0.823. The van der Waals surface area contributed by atoms with E-state index in [1.165, 1.54) is 6.42 Å². The molecule has 0 bridgehead atoms. The second kappa shape index (κ2) is 9.34. The first-order valence-corrected chi connectivity index (χ1v) is 8.70. The fourth-order valence-corrected chi connectivity index (χ4v) is 3.52. The van der Waals surface area contributed by atoms with Crippen LogP contribution in [-0.4, -0.2) is 69.9 Å². The summed E-state index contributed by atoms with van der Waals surface area (Å²) in [5.74, 6) is 1.88. The van der Waals surface area contributed by atoms with E-state index in [0.29, 0.717) is 18.2 Å². The van der Waals surface area contributed by atoms with E-state index in [1.807, 2.05) is 17.0 Å². The van der Waals surface area contributed by atoms with Gasteiger partial charge in [-0.25, -0.2) is 0 Å². The minimum absolute atomic E-state index is 0. The Kier molecular flexibility index (Phi) is 7.43. The molecule has 8 nitrogen and oxygen atoms in total. The molecule has 0 saturated carbocycles. The molecular weight excluding hydrogens is 377 g/mol. The number of halogens is 2. The van der Waals surface area contributed by atoms with Gasteiger partial charge in [0.15, 0.2) is 5.65 Å². The highest BCUT2D eigenvalue weighted by Crippen LogP contribution is 2.17. The highest BCUT2D eigenvalue weighted by atomic mass is 35.5. The fourth-order valence-electron chi connectivity index (χ4n) is 3.52. The van der Waals surface area contributed by atoms with Gasteiger partial charge in [-0.1, -0.05) is 0 Å². The van der Waals surface area contributed by atoms with Gasteiger partial charge >= 0.3 is 0 Å². The number of nitrogens with zero attached hydrogens (tertiary/aromatic N) is 6. The van der Waals surface area contributed by atoms with Crippen LogP contribution in [0.1, 0.15) is 19.3 Å². The molecule has 0 aliphatic carbocycles. The van der Waals surface area contributed by atoms with E-state index in [9.17, 15) is 4.79 Å². The fraction of sp³-hybridized carbons (Fsp3) is 0.625. The second-order valence-electron chi connectivity index (χ2n) is 6.59. The van der Waals surface area contributed by atoms with Gasteiger partial charge in [0, 0.05) is 32.6 Å². The number of amides is 1. The Labute approximate surface area is 165 Å². The lowest BCUT2D eigenvalue weighted by Gasteiger charge is -2.35. The van der Waals surface area contributed by atoms with Crippen molar-refractivity contribution in [3.8, 4) is 0 Å². The van der Waals surface area contributed by atoms with Gasteiger partial charge in [-0.15, -0.1) is 40.1 Å². The molecule has 1 unspecified atom stereocenters. The lowest BCUT2D eigenvalue weighted by molar-refractivity contribution is -0.131. The number of anilines is 1. The van der Waals surface area contributed by atoms with Crippen LogP contribution in [0.2, 0.25) is 0 Å². The standard InChI is InChI=1S/C16H23N7O.2ClH/c24-16(4-1-13-5-6-17-11-13)22-9-7-21(8-10-22)15-3-2-14-19-18-12-23(14)20-15;;/h2-3,12-13,17H,1,4-11H2;2*1H. The van der Waals surface area contributed by atoms with Crippen LogP contribution < -0.4 is 10.2 Å². The molecule has 0 radical (unpaired) electrons. The van der Waals surface area contributed by atoms with Crippen LogP contribution in [0.3, 0.4) is 0 Å². The van der Waals surface area contributed by atoms with Crippen LogP contribution in [0, 0.1) is 5.92 Å². The maximum atomic E-state index is 12.4. The van der Waals surface area contributed by atoms with Gasteiger partial charge in [-0.3, -0.25) is 4.79 Å². The molecule has 4 rings (SSSR count). The first-order chi connectivity index (χ1) is 11.8. The molecule has 26 heavy (non-hydrogen) atoms. The third-order valence-corrected chi connectivity index (χ3v) is 5.03. The molecule has 1 N–H and O–H groups in total. The number of piperazine rings is 1. The van der Waals surface area contributed by atoms with Crippen LogP contribution in [0.5, 0.6) is 0 Å². The average molecular weight is 402 g/mol. The van der Waals surface area contributed by atoms with Crippen LogP contribution in [0.15, 0.2) is 18.5 Å². The molecule has 2 aliphatic rings. The smallest absolute Gasteiger partial charge is 0.222 e. The lowest BCUT2D eigenvalue weighted by Crippen LogP contribution is -2.49. The molecule has 2 saturated heterocycles. The topological polar surface area (TPSA) is 78.7 Å². The molecule has 1 amide bonds. The van der Waals surface area contributed by atoms with E-state index in [1.54, 1.807) is 10.8 Å². The Bertz CT molecular complexity index is 711. The number of hydrogen-bond donors (Lipinski definition) is 1. The van der Waals surface area contributed by atoms with Crippen molar-refractivity contribution in [1.29, 1.82) is 0 Å². The number of carbonyl (C=O) groups is 1. The van der Waals surface area contributed by atoms with Gasteiger partial charge in [0.25, 0.3) is 0 Å².